The van der Waals surface area contributed by atoms with Crippen LogP contribution in [0.15, 0.2) is 51.4 Å². The molecule has 0 aliphatic carbocycles. The van der Waals surface area contributed by atoms with Crippen molar-refractivity contribution >= 4 is 32.8 Å². The molecule has 0 spiro atoms. The minimum Gasteiger partial charge on any atom is -0.451 e. The standard InChI is InChI=1S/C15H10BrNO2/c1-9-6-7-13-12(17-9)8-14(19-13)15(18)10-4-2-3-5-11(10)16/h2-8H,1H3. The van der Waals surface area contributed by atoms with E-state index in [1.807, 2.05) is 37.3 Å². The van der Waals surface area contributed by atoms with Crippen LogP contribution in [-0.2, 0) is 0 Å². The van der Waals surface area contributed by atoms with Gasteiger partial charge in [0.25, 0.3) is 0 Å². The van der Waals surface area contributed by atoms with Crippen molar-refractivity contribution in [1.82, 2.24) is 4.98 Å². The first-order valence-electron chi connectivity index (χ1n) is 5.81. The summed E-state index contributed by atoms with van der Waals surface area (Å²) in [5, 5.41) is 0. The lowest BCUT2D eigenvalue weighted by atomic mass is 10.1. The zero-order valence-electron chi connectivity index (χ0n) is 10.2. The summed E-state index contributed by atoms with van der Waals surface area (Å²) in [4.78, 5) is 16.7. The second-order valence-electron chi connectivity index (χ2n) is 4.26. The molecule has 0 saturated carbocycles. The lowest BCUT2D eigenvalue weighted by Gasteiger charge is -1.99. The number of halogens is 1. The van der Waals surface area contributed by atoms with E-state index in [2.05, 4.69) is 20.9 Å². The first-order chi connectivity index (χ1) is 9.15. The molecule has 3 aromatic rings. The van der Waals surface area contributed by atoms with Gasteiger partial charge in [0.2, 0.25) is 5.78 Å². The third-order valence-corrected chi connectivity index (χ3v) is 3.55. The molecular weight excluding hydrogens is 306 g/mol. The molecule has 0 amide bonds. The molecule has 0 bridgehead atoms. The number of carbonyl (C=O) groups is 1. The molecule has 94 valence electrons. The summed E-state index contributed by atoms with van der Waals surface area (Å²) in [5.74, 6) is 0.156. The van der Waals surface area contributed by atoms with Gasteiger partial charge in [0, 0.05) is 21.8 Å². The first kappa shape index (κ1) is 12.1. The number of benzene rings is 1. The van der Waals surface area contributed by atoms with Crippen LogP contribution in [0.25, 0.3) is 11.1 Å². The molecule has 0 radical (unpaired) electrons. The minimum atomic E-state index is -0.150. The smallest absolute Gasteiger partial charge is 0.229 e. The highest BCUT2D eigenvalue weighted by atomic mass is 79.9. The summed E-state index contributed by atoms with van der Waals surface area (Å²) in [6.07, 6.45) is 0. The summed E-state index contributed by atoms with van der Waals surface area (Å²) in [6, 6.07) is 12.7. The normalized spacial score (nSPS) is 10.8. The highest BCUT2D eigenvalue weighted by molar-refractivity contribution is 9.10. The Labute approximate surface area is 118 Å². The van der Waals surface area contributed by atoms with Gasteiger partial charge in [-0.15, -0.1) is 0 Å². The molecule has 0 saturated heterocycles. The molecule has 0 unspecified atom stereocenters. The highest BCUT2D eigenvalue weighted by Gasteiger charge is 2.17. The van der Waals surface area contributed by atoms with Gasteiger partial charge in [-0.2, -0.15) is 0 Å². The Morgan fingerprint density at radius 1 is 1.21 bits per heavy atom. The average molecular weight is 316 g/mol. The predicted molar refractivity (Wildman–Crippen MR) is 76.3 cm³/mol. The summed E-state index contributed by atoms with van der Waals surface area (Å²) in [6.45, 7) is 1.90. The third-order valence-electron chi connectivity index (χ3n) is 2.86. The van der Waals surface area contributed by atoms with Gasteiger partial charge in [-0.3, -0.25) is 4.79 Å². The summed E-state index contributed by atoms with van der Waals surface area (Å²) in [7, 11) is 0. The SMILES string of the molecule is Cc1ccc2oc(C(=O)c3ccccc3Br)cc2n1. The minimum absolute atomic E-state index is 0.150. The fourth-order valence-corrected chi connectivity index (χ4v) is 2.38. The number of hydrogen-bond acceptors (Lipinski definition) is 3. The number of fused-ring (bicyclic) bond motifs is 1. The third kappa shape index (κ3) is 2.19. The van der Waals surface area contributed by atoms with Gasteiger partial charge >= 0.3 is 0 Å². The number of aromatic nitrogens is 1. The summed E-state index contributed by atoms with van der Waals surface area (Å²) >= 11 is 3.37. The Morgan fingerprint density at radius 2 is 2.00 bits per heavy atom. The maximum absolute atomic E-state index is 12.4. The largest absolute Gasteiger partial charge is 0.451 e. The molecule has 0 aliphatic rings. The van der Waals surface area contributed by atoms with Crippen molar-refractivity contribution in [2.24, 2.45) is 0 Å². The lowest BCUT2D eigenvalue weighted by molar-refractivity contribution is 0.101. The molecular formula is C15H10BrNO2. The van der Waals surface area contributed by atoms with Crippen molar-refractivity contribution < 1.29 is 9.21 Å². The molecule has 0 fully saturated rings. The fraction of sp³-hybridized carbons (Fsp3) is 0.0667. The number of aryl methyl sites for hydroxylation is 1. The Balaban J connectivity index is 2.09. The number of nitrogens with zero attached hydrogens (tertiary/aromatic N) is 1. The van der Waals surface area contributed by atoms with Crippen LogP contribution in [0, 0.1) is 6.92 Å². The number of ketones is 1. The van der Waals surface area contributed by atoms with Gasteiger partial charge in [-0.25, -0.2) is 4.98 Å². The van der Waals surface area contributed by atoms with Crippen LogP contribution in [0.3, 0.4) is 0 Å². The monoisotopic (exact) mass is 315 g/mol. The van der Waals surface area contributed by atoms with Crippen molar-refractivity contribution in [3.63, 3.8) is 0 Å². The van der Waals surface area contributed by atoms with Crippen LogP contribution in [0.2, 0.25) is 0 Å². The Morgan fingerprint density at radius 3 is 2.79 bits per heavy atom. The second-order valence-corrected chi connectivity index (χ2v) is 5.11. The Bertz CT molecular complexity index is 777. The zero-order chi connectivity index (χ0) is 13.4. The maximum atomic E-state index is 12.4. The number of hydrogen-bond donors (Lipinski definition) is 0. The molecule has 0 N–H and O–H groups in total. The number of rotatable bonds is 2. The predicted octanol–water partition coefficient (Wildman–Crippen LogP) is 4.13. The van der Waals surface area contributed by atoms with E-state index in [-0.39, 0.29) is 5.78 Å². The molecule has 3 rings (SSSR count). The zero-order valence-corrected chi connectivity index (χ0v) is 11.8. The molecule has 0 aliphatic heterocycles. The number of pyridine rings is 1. The molecule has 3 nitrogen and oxygen atoms in total. The van der Waals surface area contributed by atoms with E-state index in [4.69, 9.17) is 4.42 Å². The number of furan rings is 1. The Kier molecular flexibility index (Phi) is 2.95. The van der Waals surface area contributed by atoms with Gasteiger partial charge in [0.1, 0.15) is 5.52 Å². The van der Waals surface area contributed by atoms with Gasteiger partial charge in [-0.05, 0) is 31.2 Å². The Hall–Kier alpha value is -1.94. The van der Waals surface area contributed by atoms with Crippen LogP contribution in [-0.4, -0.2) is 10.8 Å². The van der Waals surface area contributed by atoms with Crippen LogP contribution in [0.4, 0.5) is 0 Å². The van der Waals surface area contributed by atoms with Gasteiger partial charge in [-0.1, -0.05) is 28.1 Å². The second kappa shape index (κ2) is 4.63. The van der Waals surface area contributed by atoms with Crippen LogP contribution in [0.1, 0.15) is 21.8 Å². The summed E-state index contributed by atoms with van der Waals surface area (Å²) < 4.78 is 6.32. The molecule has 19 heavy (non-hydrogen) atoms. The molecule has 2 heterocycles. The topological polar surface area (TPSA) is 43.1 Å². The molecule has 4 heteroatoms. The van der Waals surface area contributed by atoms with Crippen molar-refractivity contribution in [2.45, 2.75) is 6.92 Å². The molecule has 1 aromatic carbocycles. The molecule has 2 aromatic heterocycles. The van der Waals surface area contributed by atoms with Gasteiger partial charge in [0.15, 0.2) is 11.3 Å². The van der Waals surface area contributed by atoms with E-state index in [9.17, 15) is 4.79 Å². The maximum Gasteiger partial charge on any atom is 0.229 e. The van der Waals surface area contributed by atoms with E-state index < -0.39 is 0 Å². The highest BCUT2D eigenvalue weighted by Crippen LogP contribution is 2.24. The van der Waals surface area contributed by atoms with Crippen molar-refractivity contribution in [2.75, 3.05) is 0 Å². The average Bonchev–Trinajstić information content (AvgIpc) is 2.81. The van der Waals surface area contributed by atoms with Gasteiger partial charge in [0.05, 0.1) is 0 Å². The number of carbonyl (C=O) groups excluding carboxylic acids is 1. The molecule has 0 atom stereocenters. The van der Waals surface area contributed by atoms with Crippen molar-refractivity contribution in [3.8, 4) is 0 Å². The van der Waals surface area contributed by atoms with Crippen LogP contribution >= 0.6 is 15.9 Å². The van der Waals surface area contributed by atoms with Crippen LogP contribution in [0.5, 0.6) is 0 Å². The van der Waals surface area contributed by atoms with E-state index in [1.165, 1.54) is 0 Å². The van der Waals surface area contributed by atoms with E-state index in [0.29, 0.717) is 22.4 Å². The van der Waals surface area contributed by atoms with E-state index in [0.717, 1.165) is 10.2 Å². The van der Waals surface area contributed by atoms with Crippen molar-refractivity contribution in [1.29, 1.82) is 0 Å². The van der Waals surface area contributed by atoms with Gasteiger partial charge < -0.3 is 4.42 Å². The first-order valence-corrected chi connectivity index (χ1v) is 6.61. The quantitative estimate of drug-likeness (QED) is 0.668. The fourth-order valence-electron chi connectivity index (χ4n) is 1.92. The van der Waals surface area contributed by atoms with Crippen LogP contribution < -0.4 is 0 Å². The van der Waals surface area contributed by atoms with Crippen molar-refractivity contribution in [3.05, 3.63) is 64.0 Å². The van der Waals surface area contributed by atoms with E-state index >= 15 is 0 Å². The van der Waals surface area contributed by atoms with E-state index in [1.54, 1.807) is 12.1 Å². The summed E-state index contributed by atoms with van der Waals surface area (Å²) in [5.41, 5.74) is 2.81. The lowest BCUT2D eigenvalue weighted by Crippen LogP contribution is -2.00.